The van der Waals surface area contributed by atoms with Crippen LogP contribution in [0.15, 0.2) is 18.2 Å². The van der Waals surface area contributed by atoms with Gasteiger partial charge >= 0.3 is 0 Å². The van der Waals surface area contributed by atoms with Gasteiger partial charge in [0.15, 0.2) is 0 Å². The largest absolute Gasteiger partial charge is 0.386 e. The van der Waals surface area contributed by atoms with Gasteiger partial charge in [-0.15, -0.1) is 0 Å². The summed E-state index contributed by atoms with van der Waals surface area (Å²) in [6, 6.07) is 4.30. The van der Waals surface area contributed by atoms with Crippen molar-refractivity contribution in [2.75, 3.05) is 13.1 Å². The van der Waals surface area contributed by atoms with Crippen LogP contribution in [0.3, 0.4) is 0 Å². The van der Waals surface area contributed by atoms with E-state index in [1.807, 2.05) is 0 Å². The normalized spacial score (nSPS) is 24.1. The predicted octanol–water partition coefficient (Wildman–Crippen LogP) is 4.31. The molecule has 1 aromatic carbocycles. The second-order valence-corrected chi connectivity index (χ2v) is 6.83. The SMILES string of the molecule is OC(c1cc(F)ccc1Cl)C1(N2CCCCC2)CCCC1. The maximum atomic E-state index is 13.6. The topological polar surface area (TPSA) is 23.5 Å². The number of likely N-dealkylation sites (tertiary alicyclic amines) is 1. The van der Waals surface area contributed by atoms with Crippen LogP contribution < -0.4 is 0 Å². The quantitative estimate of drug-likeness (QED) is 0.899. The third-order valence-electron chi connectivity index (χ3n) is 5.22. The van der Waals surface area contributed by atoms with Gasteiger partial charge in [-0.1, -0.05) is 30.9 Å². The Morgan fingerprint density at radius 2 is 1.76 bits per heavy atom. The highest BCUT2D eigenvalue weighted by Gasteiger charge is 2.46. The first-order valence-corrected chi connectivity index (χ1v) is 8.39. The van der Waals surface area contributed by atoms with E-state index < -0.39 is 6.10 Å². The Balaban J connectivity index is 1.94. The number of halogens is 2. The Morgan fingerprint density at radius 1 is 1.10 bits per heavy atom. The average Bonchev–Trinajstić information content (AvgIpc) is 3.01. The van der Waals surface area contributed by atoms with Crippen molar-refractivity contribution < 1.29 is 9.50 Å². The zero-order chi connectivity index (χ0) is 14.9. The monoisotopic (exact) mass is 311 g/mol. The lowest BCUT2D eigenvalue weighted by atomic mass is 9.82. The van der Waals surface area contributed by atoms with Crippen molar-refractivity contribution in [3.63, 3.8) is 0 Å². The number of benzene rings is 1. The molecule has 1 heterocycles. The van der Waals surface area contributed by atoms with Crippen LogP contribution in [0.5, 0.6) is 0 Å². The lowest BCUT2D eigenvalue weighted by Gasteiger charge is -2.46. The molecule has 1 saturated carbocycles. The summed E-state index contributed by atoms with van der Waals surface area (Å²) < 4.78 is 13.6. The maximum absolute atomic E-state index is 13.6. The van der Waals surface area contributed by atoms with Crippen LogP contribution in [-0.4, -0.2) is 28.6 Å². The van der Waals surface area contributed by atoms with Gasteiger partial charge in [0.05, 0.1) is 11.6 Å². The second-order valence-electron chi connectivity index (χ2n) is 6.43. The highest BCUT2D eigenvalue weighted by molar-refractivity contribution is 6.31. The lowest BCUT2D eigenvalue weighted by molar-refractivity contribution is -0.0405. The number of aliphatic hydroxyl groups is 1. The van der Waals surface area contributed by atoms with Crippen molar-refractivity contribution in [3.05, 3.63) is 34.6 Å². The van der Waals surface area contributed by atoms with Gasteiger partial charge in [-0.3, -0.25) is 4.90 Å². The predicted molar refractivity (Wildman–Crippen MR) is 83.0 cm³/mol. The number of nitrogens with zero attached hydrogens (tertiary/aromatic N) is 1. The van der Waals surface area contributed by atoms with Gasteiger partial charge in [0.1, 0.15) is 5.82 Å². The van der Waals surface area contributed by atoms with E-state index in [0.717, 1.165) is 38.8 Å². The van der Waals surface area contributed by atoms with E-state index in [2.05, 4.69) is 4.90 Å². The number of hydrogen-bond acceptors (Lipinski definition) is 2. The first-order chi connectivity index (χ1) is 10.1. The summed E-state index contributed by atoms with van der Waals surface area (Å²) >= 11 is 6.23. The van der Waals surface area contributed by atoms with Gasteiger partial charge in [-0.05, 0) is 57.0 Å². The minimum Gasteiger partial charge on any atom is -0.386 e. The molecule has 2 nitrogen and oxygen atoms in total. The van der Waals surface area contributed by atoms with E-state index in [9.17, 15) is 9.50 Å². The highest BCUT2D eigenvalue weighted by atomic mass is 35.5. The molecule has 0 radical (unpaired) electrons. The molecule has 1 aromatic rings. The molecule has 4 heteroatoms. The van der Waals surface area contributed by atoms with Crippen molar-refractivity contribution in [2.45, 2.75) is 56.6 Å². The third kappa shape index (κ3) is 2.84. The van der Waals surface area contributed by atoms with Crippen LogP contribution in [0.25, 0.3) is 0 Å². The number of rotatable bonds is 3. The molecule has 0 aromatic heterocycles. The standard InChI is InChI=1S/C17H23ClFNO/c18-15-7-6-13(19)12-14(15)16(21)17(8-2-3-9-17)20-10-4-1-5-11-20/h6-7,12,16,21H,1-5,8-11H2. The first-order valence-electron chi connectivity index (χ1n) is 8.01. The molecular formula is C17H23ClFNO. The fourth-order valence-corrected chi connectivity index (χ4v) is 4.32. The molecule has 0 spiro atoms. The highest BCUT2D eigenvalue weighted by Crippen LogP contribution is 2.46. The minimum absolute atomic E-state index is 0.252. The Morgan fingerprint density at radius 3 is 2.43 bits per heavy atom. The third-order valence-corrected chi connectivity index (χ3v) is 5.56. The van der Waals surface area contributed by atoms with Crippen LogP contribution in [0.1, 0.15) is 56.6 Å². The van der Waals surface area contributed by atoms with E-state index in [4.69, 9.17) is 11.6 Å². The lowest BCUT2D eigenvalue weighted by Crippen LogP contribution is -2.53. The van der Waals surface area contributed by atoms with E-state index in [1.54, 1.807) is 6.07 Å². The van der Waals surface area contributed by atoms with Gasteiger partial charge in [-0.2, -0.15) is 0 Å². The molecule has 21 heavy (non-hydrogen) atoms. The molecule has 116 valence electrons. The summed E-state index contributed by atoms with van der Waals surface area (Å²) in [5.74, 6) is -0.333. The number of hydrogen-bond donors (Lipinski definition) is 1. The van der Waals surface area contributed by atoms with E-state index in [-0.39, 0.29) is 11.4 Å². The minimum atomic E-state index is -0.707. The van der Waals surface area contributed by atoms with Crippen molar-refractivity contribution in [3.8, 4) is 0 Å². The average molecular weight is 312 g/mol. The molecule has 1 unspecified atom stereocenters. The summed E-state index contributed by atoms with van der Waals surface area (Å²) in [4.78, 5) is 2.44. The fourth-order valence-electron chi connectivity index (χ4n) is 4.10. The summed E-state index contributed by atoms with van der Waals surface area (Å²) in [6.45, 7) is 2.06. The second kappa shape index (κ2) is 6.23. The molecule has 1 atom stereocenters. The van der Waals surface area contributed by atoms with Crippen LogP contribution >= 0.6 is 11.6 Å². The Bertz CT molecular complexity index is 496. The van der Waals surface area contributed by atoms with Gasteiger partial charge in [0.25, 0.3) is 0 Å². The summed E-state index contributed by atoms with van der Waals surface area (Å²) in [6.07, 6.45) is 7.13. The van der Waals surface area contributed by atoms with Crippen LogP contribution in [-0.2, 0) is 0 Å². The zero-order valence-electron chi connectivity index (χ0n) is 12.3. The first kappa shape index (κ1) is 15.3. The van der Waals surface area contributed by atoms with E-state index >= 15 is 0 Å². The van der Waals surface area contributed by atoms with E-state index in [1.165, 1.54) is 31.4 Å². The molecule has 1 saturated heterocycles. The summed E-state index contributed by atoms with van der Waals surface area (Å²) in [5.41, 5.74) is 0.293. The maximum Gasteiger partial charge on any atom is 0.123 e. The van der Waals surface area contributed by atoms with Crippen molar-refractivity contribution in [1.82, 2.24) is 4.90 Å². The van der Waals surface area contributed by atoms with Crippen molar-refractivity contribution in [2.24, 2.45) is 0 Å². The molecule has 3 rings (SSSR count). The molecule has 1 aliphatic carbocycles. The smallest absolute Gasteiger partial charge is 0.123 e. The molecule has 2 aliphatic rings. The summed E-state index contributed by atoms with van der Waals surface area (Å²) in [5, 5.41) is 11.5. The number of piperidine rings is 1. The Hall–Kier alpha value is -0.640. The van der Waals surface area contributed by atoms with Crippen molar-refractivity contribution >= 4 is 11.6 Å². The van der Waals surface area contributed by atoms with Gasteiger partial charge in [0, 0.05) is 10.6 Å². The molecule has 1 N–H and O–H groups in total. The van der Waals surface area contributed by atoms with Crippen molar-refractivity contribution in [1.29, 1.82) is 0 Å². The molecule has 0 bridgehead atoms. The zero-order valence-corrected chi connectivity index (χ0v) is 13.1. The van der Waals surface area contributed by atoms with Gasteiger partial charge < -0.3 is 5.11 Å². The molecule has 2 fully saturated rings. The van der Waals surface area contributed by atoms with Crippen LogP contribution in [0.2, 0.25) is 5.02 Å². The molecule has 1 aliphatic heterocycles. The van der Waals surface area contributed by atoms with E-state index in [0.29, 0.717) is 10.6 Å². The van der Waals surface area contributed by atoms with Crippen LogP contribution in [0, 0.1) is 5.82 Å². The van der Waals surface area contributed by atoms with Crippen LogP contribution in [0.4, 0.5) is 4.39 Å². The Kier molecular flexibility index (Phi) is 4.53. The molecule has 0 amide bonds. The van der Waals surface area contributed by atoms with Gasteiger partial charge in [0.2, 0.25) is 0 Å². The summed E-state index contributed by atoms with van der Waals surface area (Å²) in [7, 11) is 0. The number of aliphatic hydroxyl groups excluding tert-OH is 1. The fraction of sp³-hybridized carbons (Fsp3) is 0.647. The van der Waals surface area contributed by atoms with Gasteiger partial charge in [-0.25, -0.2) is 4.39 Å². The Labute approximate surface area is 130 Å². The molecular weight excluding hydrogens is 289 g/mol.